The van der Waals surface area contributed by atoms with Crippen LogP contribution in [0.5, 0.6) is 0 Å². The van der Waals surface area contributed by atoms with Crippen molar-refractivity contribution in [3.05, 3.63) is 11.6 Å². The number of fused-ring (bicyclic) bond motifs is 4. The summed E-state index contributed by atoms with van der Waals surface area (Å²) in [4.78, 5) is 12.0. The molecule has 2 heterocycles. The topological polar surface area (TPSA) is 85.2 Å². The van der Waals surface area contributed by atoms with Crippen molar-refractivity contribution in [3.63, 3.8) is 0 Å². The van der Waals surface area contributed by atoms with Crippen molar-refractivity contribution in [2.45, 2.75) is 136 Å². The van der Waals surface area contributed by atoms with Crippen molar-refractivity contribution in [1.82, 2.24) is 0 Å². The molecule has 2 N–H and O–H groups in total. The second kappa shape index (κ2) is 7.09. The summed E-state index contributed by atoms with van der Waals surface area (Å²) in [6.45, 7) is 16.8. The van der Waals surface area contributed by atoms with E-state index in [0.717, 1.165) is 38.5 Å². The average molecular weight is 529 g/mol. The van der Waals surface area contributed by atoms with Gasteiger partial charge in [0.2, 0.25) is 0 Å². The SMILES string of the molecule is CC(=O)OC(C)(C)[C@H]1O[C@@]23O[C@@H]1C[C@@H](C)[C@@H]2[C@@]1(C)CC[C@@]24C[C@@]25CC[C@H](O)C(C)(C)C5CC=C4[C@]1(C)[C@H]3O. The van der Waals surface area contributed by atoms with Crippen molar-refractivity contribution < 1.29 is 29.2 Å². The Morgan fingerprint density at radius 3 is 2.50 bits per heavy atom. The molecule has 6 heteroatoms. The molecule has 6 nitrogen and oxygen atoms in total. The van der Waals surface area contributed by atoms with Gasteiger partial charge in [-0.15, -0.1) is 0 Å². The Labute approximate surface area is 227 Å². The average Bonchev–Trinajstić information content (AvgIpc) is 3.33. The zero-order chi connectivity index (χ0) is 27.5. The number of hydrogen-bond acceptors (Lipinski definition) is 6. The van der Waals surface area contributed by atoms with E-state index in [1.807, 2.05) is 13.8 Å². The summed E-state index contributed by atoms with van der Waals surface area (Å²) >= 11 is 0. The van der Waals surface area contributed by atoms with Crippen LogP contribution in [0.25, 0.3) is 0 Å². The third-order valence-electron chi connectivity index (χ3n) is 13.9. The molecule has 3 spiro atoms. The van der Waals surface area contributed by atoms with E-state index in [1.165, 1.54) is 18.9 Å². The summed E-state index contributed by atoms with van der Waals surface area (Å²) in [6, 6.07) is 0. The number of aliphatic hydroxyl groups is 2. The van der Waals surface area contributed by atoms with Crippen molar-refractivity contribution in [2.75, 3.05) is 0 Å². The van der Waals surface area contributed by atoms with Crippen molar-refractivity contribution in [1.29, 1.82) is 0 Å². The Bertz CT molecular complexity index is 1130. The summed E-state index contributed by atoms with van der Waals surface area (Å²) in [7, 11) is 0. The van der Waals surface area contributed by atoms with Crippen LogP contribution in [-0.4, -0.2) is 52.0 Å². The molecule has 1 unspecified atom stereocenters. The molecule has 2 aliphatic heterocycles. The van der Waals surface area contributed by atoms with E-state index in [4.69, 9.17) is 14.2 Å². The summed E-state index contributed by atoms with van der Waals surface area (Å²) in [6.07, 6.45) is 7.94. The van der Waals surface area contributed by atoms with Gasteiger partial charge in [0, 0.05) is 18.3 Å². The number of ether oxygens (including phenoxy) is 3. The summed E-state index contributed by atoms with van der Waals surface area (Å²) in [5.74, 6) is -0.576. The summed E-state index contributed by atoms with van der Waals surface area (Å²) in [5.41, 5.74) is 0.226. The molecule has 2 saturated heterocycles. The Morgan fingerprint density at radius 1 is 1.11 bits per heavy atom. The molecule has 0 aromatic heterocycles. The number of carbonyl (C=O) groups is 1. The summed E-state index contributed by atoms with van der Waals surface area (Å²) < 4.78 is 19.5. The highest BCUT2D eigenvalue weighted by molar-refractivity contribution is 5.66. The van der Waals surface area contributed by atoms with Crippen LogP contribution in [0.1, 0.15) is 100 Å². The van der Waals surface area contributed by atoms with Crippen molar-refractivity contribution >= 4 is 5.97 Å². The summed E-state index contributed by atoms with van der Waals surface area (Å²) in [5, 5.41) is 23.5. The van der Waals surface area contributed by atoms with Gasteiger partial charge < -0.3 is 24.4 Å². The zero-order valence-corrected chi connectivity index (χ0v) is 24.6. The lowest BCUT2D eigenvalue weighted by molar-refractivity contribution is -0.280. The highest BCUT2D eigenvalue weighted by atomic mass is 16.8. The maximum atomic E-state index is 12.6. The second-order valence-electron chi connectivity index (χ2n) is 16.0. The molecule has 4 saturated carbocycles. The molecule has 0 aromatic carbocycles. The fraction of sp³-hybridized carbons (Fsp3) is 0.906. The fourth-order valence-corrected chi connectivity index (χ4v) is 12.3. The Hall–Kier alpha value is -0.950. The number of esters is 1. The lowest BCUT2D eigenvalue weighted by atomic mass is 9.44. The molecule has 6 fully saturated rings. The van der Waals surface area contributed by atoms with Crippen LogP contribution in [0.3, 0.4) is 0 Å². The van der Waals surface area contributed by atoms with E-state index in [1.54, 1.807) is 0 Å². The molecular formula is C32H48O6. The fourth-order valence-electron chi connectivity index (χ4n) is 12.3. The first kappa shape index (κ1) is 26.0. The van der Waals surface area contributed by atoms with E-state index in [0.29, 0.717) is 11.8 Å². The minimum absolute atomic E-state index is 0.0553. The van der Waals surface area contributed by atoms with Crippen LogP contribution in [-0.2, 0) is 19.0 Å². The number of allylic oxidation sites excluding steroid dienone is 1. The van der Waals surface area contributed by atoms with Crippen molar-refractivity contribution in [3.8, 4) is 0 Å². The Kier molecular flexibility index (Phi) is 4.85. The minimum Gasteiger partial charge on any atom is -0.457 e. The zero-order valence-electron chi connectivity index (χ0n) is 24.6. The maximum absolute atomic E-state index is 12.6. The molecule has 12 atom stereocenters. The predicted molar refractivity (Wildman–Crippen MR) is 142 cm³/mol. The highest BCUT2D eigenvalue weighted by Gasteiger charge is 2.86. The van der Waals surface area contributed by atoms with E-state index in [9.17, 15) is 15.0 Å². The standard InChI is InChI=1S/C32H48O6/c1-17-15-19-24(27(5,6)36-18(2)33)38-32(37-19)23(17)28(7)13-14-31-16-30(31)12-11-22(34)26(3,4)20(30)9-10-21(31)29(28,8)25(32)35/h10,17,19-20,22-25,34-35H,9,11-16H2,1-8H3/t17-,19-,20?,22+,23-,24+,25-,28-,29-,30-,31+,32+/m1/s1. The minimum atomic E-state index is -1.10. The van der Waals surface area contributed by atoms with Crippen LogP contribution >= 0.6 is 0 Å². The lowest BCUT2D eigenvalue weighted by Gasteiger charge is -2.59. The van der Waals surface area contributed by atoms with Gasteiger partial charge in [-0.05, 0) is 92.3 Å². The molecule has 0 aromatic rings. The quantitative estimate of drug-likeness (QED) is 0.381. The van der Waals surface area contributed by atoms with E-state index < -0.39 is 29.0 Å². The molecule has 0 amide bonds. The van der Waals surface area contributed by atoms with Crippen LogP contribution in [0.15, 0.2) is 11.6 Å². The van der Waals surface area contributed by atoms with Gasteiger partial charge in [0.05, 0.1) is 12.2 Å². The Morgan fingerprint density at radius 2 is 1.82 bits per heavy atom. The van der Waals surface area contributed by atoms with Crippen LogP contribution in [0.4, 0.5) is 0 Å². The molecule has 0 radical (unpaired) electrons. The first-order valence-electron chi connectivity index (χ1n) is 15.2. The predicted octanol–water partition coefficient (Wildman–Crippen LogP) is 5.15. The van der Waals surface area contributed by atoms with Gasteiger partial charge in [0.15, 0.2) is 5.79 Å². The first-order valence-corrected chi connectivity index (χ1v) is 15.2. The van der Waals surface area contributed by atoms with Gasteiger partial charge in [0.1, 0.15) is 17.8 Å². The smallest absolute Gasteiger partial charge is 0.303 e. The van der Waals surface area contributed by atoms with Crippen LogP contribution < -0.4 is 0 Å². The molecule has 2 bridgehead atoms. The van der Waals surface area contributed by atoms with Gasteiger partial charge >= 0.3 is 5.97 Å². The van der Waals surface area contributed by atoms with Crippen molar-refractivity contribution in [2.24, 2.45) is 44.8 Å². The Balaban J connectivity index is 1.33. The molecule has 38 heavy (non-hydrogen) atoms. The maximum Gasteiger partial charge on any atom is 0.303 e. The largest absolute Gasteiger partial charge is 0.457 e. The number of carbonyl (C=O) groups excluding carboxylic acids is 1. The van der Waals surface area contributed by atoms with Crippen LogP contribution in [0, 0.1) is 44.8 Å². The van der Waals surface area contributed by atoms with E-state index >= 15 is 0 Å². The molecule has 5 aliphatic carbocycles. The number of rotatable bonds is 2. The monoisotopic (exact) mass is 528 g/mol. The normalized spacial score (nSPS) is 57.5. The second-order valence-corrected chi connectivity index (χ2v) is 16.0. The number of aliphatic hydroxyl groups excluding tert-OH is 2. The van der Waals surface area contributed by atoms with Gasteiger partial charge in [-0.25, -0.2) is 0 Å². The number of hydrogen-bond donors (Lipinski definition) is 2. The van der Waals surface area contributed by atoms with Gasteiger partial charge in [0.25, 0.3) is 0 Å². The molecule has 7 aliphatic rings. The third kappa shape index (κ3) is 2.56. The first-order chi connectivity index (χ1) is 17.5. The van der Waals surface area contributed by atoms with Crippen LogP contribution in [0.2, 0.25) is 0 Å². The molecular weight excluding hydrogens is 480 g/mol. The van der Waals surface area contributed by atoms with Gasteiger partial charge in [-0.3, -0.25) is 4.79 Å². The van der Waals surface area contributed by atoms with E-state index in [-0.39, 0.29) is 45.8 Å². The van der Waals surface area contributed by atoms with Gasteiger partial charge in [-0.2, -0.15) is 0 Å². The van der Waals surface area contributed by atoms with Gasteiger partial charge in [-0.1, -0.05) is 46.3 Å². The van der Waals surface area contributed by atoms with E-state index in [2.05, 4.69) is 40.7 Å². The third-order valence-corrected chi connectivity index (χ3v) is 13.9. The molecule has 7 rings (SSSR count). The highest BCUT2D eigenvalue weighted by Crippen LogP contribution is 2.89. The lowest BCUT2D eigenvalue weighted by Crippen LogP contribution is -2.55. The molecule has 212 valence electrons.